The molecule has 0 saturated carbocycles. The van der Waals surface area contributed by atoms with E-state index in [1.165, 1.54) is 6.07 Å². The van der Waals surface area contributed by atoms with E-state index in [1.807, 2.05) is 0 Å². The number of thiophene rings is 1. The Bertz CT molecular complexity index is 389. The first-order chi connectivity index (χ1) is 7.14. The van der Waals surface area contributed by atoms with Crippen LogP contribution in [0.2, 0.25) is 0 Å². The zero-order valence-corrected chi connectivity index (χ0v) is 8.30. The fraction of sp³-hybridized carbons (Fsp3) is 0.167. The molecule has 0 aromatic carbocycles. The van der Waals surface area contributed by atoms with Crippen LogP contribution in [0.15, 0.2) is 12.1 Å². The molecule has 16 heavy (non-hydrogen) atoms. The highest BCUT2D eigenvalue weighted by Crippen LogP contribution is 2.23. The summed E-state index contributed by atoms with van der Waals surface area (Å²) in [5.41, 5.74) is 3.54. The van der Waals surface area contributed by atoms with Crippen LogP contribution in [0, 0.1) is 10.1 Å². The molecular weight excluding hydrogens is 253 g/mol. The maximum Gasteiger partial charge on any atom is 0.430 e. The number of hydrogen-bond acceptors (Lipinski definition) is 5. The van der Waals surface area contributed by atoms with Gasteiger partial charge in [-0.1, -0.05) is 0 Å². The molecule has 1 aromatic rings. The molecule has 1 heterocycles. The standard InChI is InChI=1S/C4H4N2O2S.C2HF3O2/c5-3-1-2-4(9-3)6(7)8;3-2(4,5)1(6)7/h1-2H,5H2;(H,6,7). The van der Waals surface area contributed by atoms with Gasteiger partial charge in [0, 0.05) is 12.1 Å². The number of carboxylic acids is 1. The molecule has 0 saturated heterocycles. The average molecular weight is 258 g/mol. The van der Waals surface area contributed by atoms with Gasteiger partial charge in [-0.25, -0.2) is 0 Å². The topological polar surface area (TPSA) is 111 Å². The van der Waals surface area contributed by atoms with Crippen LogP contribution in [0.3, 0.4) is 0 Å². The number of carbonyl (C=O) groups is 1. The molecule has 0 fully saturated rings. The Morgan fingerprint density at radius 2 is 1.88 bits per heavy atom. The monoisotopic (exact) mass is 258 g/mol. The summed E-state index contributed by atoms with van der Waals surface area (Å²) in [6.45, 7) is 0. The van der Waals surface area contributed by atoms with Gasteiger partial charge in [-0.3, -0.25) is 10.1 Å². The molecule has 1 aromatic heterocycles. The number of nitro groups is 1. The molecule has 0 atom stereocenters. The Morgan fingerprint density at radius 3 is 2.00 bits per heavy atom. The second kappa shape index (κ2) is 5.42. The molecule has 0 aliphatic carbocycles. The van der Waals surface area contributed by atoms with Crippen LogP contribution in [0.5, 0.6) is 0 Å². The van der Waals surface area contributed by atoms with Crippen LogP contribution in [0.25, 0.3) is 0 Å². The molecule has 3 N–H and O–H groups in total. The quantitative estimate of drug-likeness (QED) is 0.556. The lowest BCUT2D eigenvalue weighted by Crippen LogP contribution is -2.38. The number of carboxylic acid groups (broad SMARTS) is 1. The lowest BCUT2D eigenvalue weighted by Gasteiger charge is -2.03. The van der Waals surface area contributed by atoms with Crippen molar-refractivity contribution in [3.05, 3.63) is 22.2 Å². The summed E-state index contributed by atoms with van der Waals surface area (Å²) < 4.78 is 31.5. The first-order valence-corrected chi connectivity index (χ1v) is 4.30. The molecule has 0 unspecified atom stereocenters. The van der Waals surface area contributed by atoms with Gasteiger partial charge in [0.1, 0.15) is 5.97 Å². The normalized spacial score (nSPS) is 10.2. The van der Waals surface area contributed by atoms with E-state index in [9.17, 15) is 23.3 Å². The smallest absolute Gasteiger partial charge is 0.430 e. The summed E-state index contributed by atoms with van der Waals surface area (Å²) in [4.78, 5) is 18.4. The fourth-order valence-corrected chi connectivity index (χ4v) is 1.08. The summed E-state index contributed by atoms with van der Waals surface area (Å²) >= 11 is 1.09. The maximum absolute atomic E-state index is 10.5. The predicted octanol–water partition coefficient (Wildman–Crippen LogP) is -0.172. The van der Waals surface area contributed by atoms with E-state index in [2.05, 4.69) is 5.73 Å². The third-order valence-electron chi connectivity index (χ3n) is 1.06. The molecule has 0 aliphatic rings. The highest BCUT2D eigenvalue weighted by atomic mass is 32.1. The Labute approximate surface area is 90.3 Å². The summed E-state index contributed by atoms with van der Waals surface area (Å²) in [6.07, 6.45) is -5.19. The minimum atomic E-state index is -5.19. The van der Waals surface area contributed by atoms with E-state index in [-0.39, 0.29) is 5.00 Å². The van der Waals surface area contributed by atoms with Gasteiger partial charge in [0.05, 0.1) is 4.92 Å². The minimum absolute atomic E-state index is 0.153. The molecule has 0 radical (unpaired) electrons. The molecule has 0 amide bonds. The number of rotatable bonds is 1. The van der Waals surface area contributed by atoms with E-state index >= 15 is 0 Å². The van der Waals surface area contributed by atoms with Crippen LogP contribution in [-0.4, -0.2) is 17.1 Å². The van der Waals surface area contributed by atoms with Crippen LogP contribution >= 0.6 is 11.3 Å². The zero-order chi connectivity index (χ0) is 12.9. The van der Waals surface area contributed by atoms with Gasteiger partial charge in [-0.05, 0) is 11.3 Å². The molecule has 90 valence electrons. The highest BCUT2D eigenvalue weighted by molar-refractivity contribution is 7.18. The Kier molecular flexibility index (Phi) is 4.85. The fourth-order valence-electron chi connectivity index (χ4n) is 0.465. The van der Waals surface area contributed by atoms with Crippen molar-refractivity contribution in [3.8, 4) is 0 Å². The molecule has 6 nitrogen and oxygen atoms in total. The first kappa shape index (κ1) is 14.3. The number of quaternary nitrogens is 1. The van der Waals surface area contributed by atoms with Crippen molar-refractivity contribution in [2.75, 3.05) is 0 Å². The van der Waals surface area contributed by atoms with Crippen molar-refractivity contribution >= 4 is 27.3 Å². The molecule has 0 spiro atoms. The lowest BCUT2D eigenvalue weighted by molar-refractivity contribution is -0.380. The van der Waals surface area contributed by atoms with Crippen LogP contribution < -0.4 is 10.8 Å². The average Bonchev–Trinajstić information content (AvgIpc) is 2.51. The summed E-state index contributed by atoms with van der Waals surface area (Å²) in [6, 6.07) is 3.08. The molecule has 1 rings (SSSR count). The molecular formula is C6H5F3N2O4S. The second-order valence-electron chi connectivity index (χ2n) is 2.28. The first-order valence-electron chi connectivity index (χ1n) is 3.49. The Hall–Kier alpha value is -1.68. The maximum atomic E-state index is 10.5. The van der Waals surface area contributed by atoms with Crippen molar-refractivity contribution in [1.82, 2.24) is 0 Å². The highest BCUT2D eigenvalue weighted by Gasteiger charge is 2.28. The molecule has 0 aliphatic heterocycles. The van der Waals surface area contributed by atoms with E-state index in [0.29, 0.717) is 0 Å². The van der Waals surface area contributed by atoms with Crippen LogP contribution in [0.1, 0.15) is 0 Å². The van der Waals surface area contributed by atoms with Crippen molar-refractivity contribution in [3.63, 3.8) is 0 Å². The molecule has 0 bridgehead atoms. The Morgan fingerprint density at radius 1 is 1.44 bits per heavy atom. The number of aliphatic carboxylic acids is 1. The largest absolute Gasteiger partial charge is 0.542 e. The predicted molar refractivity (Wildman–Crippen MR) is 44.6 cm³/mol. The van der Waals surface area contributed by atoms with Crippen molar-refractivity contribution < 1.29 is 33.7 Å². The summed E-state index contributed by atoms with van der Waals surface area (Å²) in [5.74, 6) is -3.01. The van der Waals surface area contributed by atoms with Crippen molar-refractivity contribution in [2.24, 2.45) is 0 Å². The van der Waals surface area contributed by atoms with E-state index < -0.39 is 17.1 Å². The summed E-state index contributed by atoms with van der Waals surface area (Å²) in [5, 5.41) is 19.7. The molecule has 10 heteroatoms. The Balaban J connectivity index is 0.000000293. The number of hydrogen-bond donors (Lipinski definition) is 1. The van der Waals surface area contributed by atoms with E-state index in [0.717, 1.165) is 16.3 Å². The number of alkyl halides is 3. The van der Waals surface area contributed by atoms with Crippen molar-refractivity contribution in [2.45, 2.75) is 6.18 Å². The van der Waals surface area contributed by atoms with Gasteiger partial charge in [-0.15, -0.1) is 0 Å². The van der Waals surface area contributed by atoms with Gasteiger partial charge >= 0.3 is 11.2 Å². The van der Waals surface area contributed by atoms with Gasteiger partial charge in [0.25, 0.3) is 0 Å². The van der Waals surface area contributed by atoms with E-state index in [4.69, 9.17) is 9.90 Å². The third kappa shape index (κ3) is 5.26. The minimum Gasteiger partial charge on any atom is -0.542 e. The van der Waals surface area contributed by atoms with Crippen LogP contribution in [-0.2, 0) is 4.79 Å². The van der Waals surface area contributed by atoms with Gasteiger partial charge < -0.3 is 15.6 Å². The number of halogens is 3. The SMILES string of the molecule is O=C([O-])C(F)(F)F.[NH3+]c1ccc([N+](=O)[O-])s1. The zero-order valence-electron chi connectivity index (χ0n) is 7.48. The van der Waals surface area contributed by atoms with Gasteiger partial charge in [0.15, 0.2) is 5.00 Å². The lowest BCUT2D eigenvalue weighted by atomic mass is 10.6. The number of carbonyl (C=O) groups excluding carboxylic acids is 1. The van der Waals surface area contributed by atoms with Crippen molar-refractivity contribution in [1.29, 1.82) is 0 Å². The van der Waals surface area contributed by atoms with Gasteiger partial charge in [0.2, 0.25) is 0 Å². The van der Waals surface area contributed by atoms with Crippen LogP contribution in [0.4, 0.5) is 23.2 Å². The van der Waals surface area contributed by atoms with E-state index in [1.54, 1.807) is 6.07 Å². The van der Waals surface area contributed by atoms with Gasteiger partial charge in [-0.2, -0.15) is 13.2 Å². The second-order valence-corrected chi connectivity index (χ2v) is 3.43. The number of nitrogens with zero attached hydrogens (tertiary/aromatic N) is 1. The summed E-state index contributed by atoms with van der Waals surface area (Å²) in [7, 11) is 0. The third-order valence-corrected chi connectivity index (χ3v) is 1.95.